The molecule has 0 amide bonds. The van der Waals surface area contributed by atoms with Gasteiger partial charge >= 0.3 is 0 Å². The minimum Gasteiger partial charge on any atom is -0.0698 e. The highest BCUT2D eigenvalue weighted by Gasteiger charge is 2.57. The molecule has 0 nitrogen and oxygen atoms in total. The summed E-state index contributed by atoms with van der Waals surface area (Å²) >= 11 is 0. The van der Waals surface area contributed by atoms with Crippen molar-refractivity contribution in [3.63, 3.8) is 0 Å². The summed E-state index contributed by atoms with van der Waals surface area (Å²) in [7, 11) is 0. The van der Waals surface area contributed by atoms with E-state index in [2.05, 4.69) is 64.1 Å². The number of allylic oxidation sites excluding steroid dienone is 4. The Morgan fingerprint density at radius 3 is 2.18 bits per heavy atom. The van der Waals surface area contributed by atoms with Gasteiger partial charge in [-0.25, -0.2) is 0 Å². The molecule has 3 rings (SSSR count). The van der Waals surface area contributed by atoms with Crippen molar-refractivity contribution in [1.82, 2.24) is 0 Å². The SMILES string of the molecule is CC1=C(C)C2(C)CC(c3ccccc3)=CC12C. The molecule has 0 fully saturated rings. The molecule has 0 radical (unpaired) electrons. The summed E-state index contributed by atoms with van der Waals surface area (Å²) in [6.07, 6.45) is 3.70. The minimum absolute atomic E-state index is 0.294. The molecular weight excluding hydrogens is 204 g/mol. The largest absolute Gasteiger partial charge is 0.0698 e. The summed E-state index contributed by atoms with van der Waals surface area (Å²) in [6, 6.07) is 10.8. The molecule has 17 heavy (non-hydrogen) atoms. The second kappa shape index (κ2) is 3.13. The van der Waals surface area contributed by atoms with Crippen molar-refractivity contribution >= 4 is 5.57 Å². The first kappa shape index (κ1) is 10.8. The van der Waals surface area contributed by atoms with E-state index in [-0.39, 0.29) is 0 Å². The maximum Gasteiger partial charge on any atom is 0.0162 e. The normalized spacial score (nSPS) is 35.4. The predicted molar refractivity (Wildman–Crippen MR) is 73.6 cm³/mol. The molecule has 0 spiro atoms. The summed E-state index contributed by atoms with van der Waals surface area (Å²) in [5, 5.41) is 0. The third-order valence-corrected chi connectivity index (χ3v) is 5.47. The smallest absolute Gasteiger partial charge is 0.0162 e. The van der Waals surface area contributed by atoms with Crippen LogP contribution in [0.15, 0.2) is 47.6 Å². The van der Waals surface area contributed by atoms with Crippen molar-refractivity contribution in [2.45, 2.75) is 34.1 Å². The van der Waals surface area contributed by atoms with Gasteiger partial charge in [0, 0.05) is 10.8 Å². The highest BCUT2D eigenvalue weighted by atomic mass is 14.6. The zero-order valence-electron chi connectivity index (χ0n) is 11.2. The van der Waals surface area contributed by atoms with Gasteiger partial charge in [0.25, 0.3) is 0 Å². The van der Waals surface area contributed by atoms with E-state index in [9.17, 15) is 0 Å². The molecule has 2 aliphatic rings. The molecule has 0 aromatic heterocycles. The molecule has 0 heteroatoms. The van der Waals surface area contributed by atoms with Gasteiger partial charge in [-0.15, -0.1) is 0 Å². The molecule has 1 aromatic rings. The van der Waals surface area contributed by atoms with Gasteiger partial charge < -0.3 is 0 Å². The van der Waals surface area contributed by atoms with Crippen LogP contribution in [0.2, 0.25) is 0 Å². The van der Waals surface area contributed by atoms with Crippen LogP contribution in [0.1, 0.15) is 39.7 Å². The standard InChI is InChI=1S/C17H20/c1-12-13(2)17(4)11-15(10-16(12,17)3)14-8-6-5-7-9-14/h5-10H,11H2,1-4H3. The van der Waals surface area contributed by atoms with Crippen molar-refractivity contribution in [2.75, 3.05) is 0 Å². The Kier molecular flexibility index (Phi) is 1.99. The Bertz CT molecular complexity index is 532. The molecule has 0 saturated carbocycles. The van der Waals surface area contributed by atoms with Gasteiger partial charge in [-0.2, -0.15) is 0 Å². The highest BCUT2D eigenvalue weighted by molar-refractivity contribution is 5.74. The minimum atomic E-state index is 0.294. The first-order valence-electron chi connectivity index (χ1n) is 6.45. The van der Waals surface area contributed by atoms with Crippen molar-refractivity contribution in [2.24, 2.45) is 10.8 Å². The Morgan fingerprint density at radius 2 is 1.59 bits per heavy atom. The average molecular weight is 224 g/mol. The van der Waals surface area contributed by atoms with Crippen LogP contribution in [0.3, 0.4) is 0 Å². The molecule has 0 saturated heterocycles. The van der Waals surface area contributed by atoms with E-state index in [1.807, 2.05) is 0 Å². The summed E-state index contributed by atoms with van der Waals surface area (Å²) in [5.74, 6) is 0. The lowest BCUT2D eigenvalue weighted by molar-refractivity contribution is 0.176. The molecule has 2 aliphatic carbocycles. The summed E-state index contributed by atoms with van der Waals surface area (Å²) < 4.78 is 0. The quantitative estimate of drug-likeness (QED) is 0.599. The van der Waals surface area contributed by atoms with Gasteiger partial charge in [0.05, 0.1) is 0 Å². The Hall–Kier alpha value is -1.30. The van der Waals surface area contributed by atoms with E-state index in [1.165, 1.54) is 17.6 Å². The maximum absolute atomic E-state index is 2.50. The van der Waals surface area contributed by atoms with E-state index in [0.29, 0.717) is 10.8 Å². The van der Waals surface area contributed by atoms with E-state index in [0.717, 1.165) is 0 Å². The fraction of sp³-hybridized carbons (Fsp3) is 0.412. The second-order valence-electron chi connectivity index (χ2n) is 6.00. The van der Waals surface area contributed by atoms with Crippen LogP contribution in [0.4, 0.5) is 0 Å². The predicted octanol–water partition coefficient (Wildman–Crippen LogP) is 4.84. The number of fused-ring (bicyclic) bond motifs is 1. The number of rotatable bonds is 1. The molecule has 2 unspecified atom stereocenters. The Balaban J connectivity index is 2.05. The van der Waals surface area contributed by atoms with E-state index in [4.69, 9.17) is 0 Å². The molecular formula is C17H20. The molecule has 0 bridgehead atoms. The fourth-order valence-corrected chi connectivity index (χ4v) is 3.75. The third kappa shape index (κ3) is 1.14. The van der Waals surface area contributed by atoms with Crippen LogP contribution >= 0.6 is 0 Å². The van der Waals surface area contributed by atoms with Crippen molar-refractivity contribution < 1.29 is 0 Å². The van der Waals surface area contributed by atoms with Crippen LogP contribution in [0.5, 0.6) is 0 Å². The number of hydrogen-bond acceptors (Lipinski definition) is 0. The monoisotopic (exact) mass is 224 g/mol. The van der Waals surface area contributed by atoms with E-state index < -0.39 is 0 Å². The van der Waals surface area contributed by atoms with Gasteiger partial charge in [0.1, 0.15) is 0 Å². The van der Waals surface area contributed by atoms with Gasteiger partial charge in [-0.05, 0) is 31.4 Å². The fourth-order valence-electron chi connectivity index (χ4n) is 3.75. The molecule has 2 atom stereocenters. The number of hydrogen-bond donors (Lipinski definition) is 0. The Morgan fingerprint density at radius 1 is 0.941 bits per heavy atom. The lowest BCUT2D eigenvalue weighted by Crippen LogP contribution is -2.44. The zero-order valence-corrected chi connectivity index (χ0v) is 11.2. The van der Waals surface area contributed by atoms with Crippen molar-refractivity contribution in [3.05, 3.63) is 53.1 Å². The molecule has 88 valence electrons. The van der Waals surface area contributed by atoms with Crippen LogP contribution < -0.4 is 0 Å². The summed E-state index contributed by atoms with van der Waals surface area (Å²) in [6.45, 7) is 9.41. The van der Waals surface area contributed by atoms with Crippen molar-refractivity contribution in [3.8, 4) is 0 Å². The van der Waals surface area contributed by atoms with Gasteiger partial charge in [0.2, 0.25) is 0 Å². The van der Waals surface area contributed by atoms with Crippen LogP contribution in [0.25, 0.3) is 5.57 Å². The van der Waals surface area contributed by atoms with Gasteiger partial charge in [0.15, 0.2) is 0 Å². The highest BCUT2D eigenvalue weighted by Crippen LogP contribution is 2.68. The lowest BCUT2D eigenvalue weighted by atomic mass is 9.50. The Labute approximate surface area is 104 Å². The third-order valence-electron chi connectivity index (χ3n) is 5.47. The number of benzene rings is 1. The molecule has 1 aromatic carbocycles. The summed E-state index contributed by atoms with van der Waals surface area (Å²) in [4.78, 5) is 0. The second-order valence-corrected chi connectivity index (χ2v) is 6.00. The molecule has 0 aliphatic heterocycles. The first-order valence-corrected chi connectivity index (χ1v) is 6.45. The summed E-state index contributed by atoms with van der Waals surface area (Å²) in [5.41, 5.74) is 6.75. The lowest BCUT2D eigenvalue weighted by Gasteiger charge is -2.53. The topological polar surface area (TPSA) is 0 Å². The van der Waals surface area contributed by atoms with Crippen LogP contribution in [-0.4, -0.2) is 0 Å². The molecule has 0 heterocycles. The van der Waals surface area contributed by atoms with Gasteiger partial charge in [-0.3, -0.25) is 0 Å². The van der Waals surface area contributed by atoms with Crippen molar-refractivity contribution in [1.29, 1.82) is 0 Å². The van der Waals surface area contributed by atoms with Crippen LogP contribution in [0, 0.1) is 10.8 Å². The molecule has 0 N–H and O–H groups in total. The average Bonchev–Trinajstić information content (AvgIpc) is 2.61. The van der Waals surface area contributed by atoms with Crippen LogP contribution in [-0.2, 0) is 0 Å². The zero-order chi connectivity index (χ0) is 12.3. The maximum atomic E-state index is 2.50. The van der Waals surface area contributed by atoms with E-state index >= 15 is 0 Å². The first-order chi connectivity index (χ1) is 7.99. The van der Waals surface area contributed by atoms with E-state index in [1.54, 1.807) is 11.1 Å². The van der Waals surface area contributed by atoms with Gasteiger partial charge in [-0.1, -0.05) is 61.4 Å².